The Kier molecular flexibility index (Phi) is 5.42. The highest BCUT2D eigenvalue weighted by molar-refractivity contribution is 7.48. The minimum Gasteiger partial charge on any atom is -0.364 e. The van der Waals surface area contributed by atoms with Crippen molar-refractivity contribution >= 4 is 19.1 Å². The highest BCUT2D eigenvalue weighted by Gasteiger charge is 2.31. The second-order valence-corrected chi connectivity index (χ2v) is 6.69. The number of aliphatic hydroxyl groups excluding tert-OH is 1. The Balaban J connectivity index is 2.49. The van der Waals surface area contributed by atoms with Gasteiger partial charge < -0.3 is 5.11 Å². The molecule has 2 aromatic carbocycles. The van der Waals surface area contributed by atoms with Gasteiger partial charge in [0.15, 0.2) is 5.78 Å². The lowest BCUT2D eigenvalue weighted by molar-refractivity contribution is 0.00784. The summed E-state index contributed by atoms with van der Waals surface area (Å²) in [5, 5.41) is 9.55. The fraction of sp³-hybridized carbons (Fsp3) is 0.278. The van der Waals surface area contributed by atoms with Crippen LogP contribution in [0.4, 0.5) is 0 Å². The molecular formula is C18H20O4P+. The van der Waals surface area contributed by atoms with Crippen LogP contribution in [0.5, 0.6) is 0 Å². The monoisotopic (exact) mass is 331 g/mol. The summed E-state index contributed by atoms with van der Waals surface area (Å²) in [5.74, 6) is -0.196. The number of hydrogen-bond acceptors (Lipinski definition) is 4. The van der Waals surface area contributed by atoms with Gasteiger partial charge in [0.25, 0.3) is 0 Å². The van der Waals surface area contributed by atoms with Gasteiger partial charge in [0.1, 0.15) is 0 Å². The van der Waals surface area contributed by atoms with Crippen molar-refractivity contribution < 1.29 is 19.0 Å². The lowest BCUT2D eigenvalue weighted by atomic mass is 9.93. The van der Waals surface area contributed by atoms with Gasteiger partial charge in [0.05, 0.1) is 5.56 Å². The molecule has 2 atom stereocenters. The fourth-order valence-corrected chi connectivity index (χ4v) is 3.34. The van der Waals surface area contributed by atoms with Crippen molar-refractivity contribution in [2.24, 2.45) is 0 Å². The quantitative estimate of drug-likeness (QED) is 0.517. The Bertz CT molecular complexity index is 766. The van der Waals surface area contributed by atoms with Crippen molar-refractivity contribution in [3.63, 3.8) is 0 Å². The van der Waals surface area contributed by atoms with Crippen molar-refractivity contribution in [1.29, 1.82) is 0 Å². The number of rotatable bonds is 5. The van der Waals surface area contributed by atoms with Gasteiger partial charge in [-0.1, -0.05) is 24.3 Å². The van der Waals surface area contributed by atoms with Crippen LogP contribution in [-0.2, 0) is 9.09 Å². The van der Waals surface area contributed by atoms with Gasteiger partial charge >= 0.3 is 8.03 Å². The highest BCUT2D eigenvalue weighted by atomic mass is 31.1. The lowest BCUT2D eigenvalue weighted by Gasteiger charge is -2.10. The number of aryl methyl sites for hydroxylation is 1. The number of carbonyl (C=O) groups excluding carboxylic acids is 1. The standard InChI is InChI=1S/C18H20O4P/c1-11-9-10-15(13(3)12(11)2)18(20)16-7-5-6-8-17(16)23(21)22-14(4)19/h5-10,14,19H,1-4H3/q+1. The molecule has 1 N–H and O–H groups in total. The number of hydrogen-bond donors (Lipinski definition) is 1. The summed E-state index contributed by atoms with van der Waals surface area (Å²) in [4.78, 5) is 12.9. The van der Waals surface area contributed by atoms with Crippen LogP contribution in [0.1, 0.15) is 39.5 Å². The molecule has 23 heavy (non-hydrogen) atoms. The number of ketones is 1. The Morgan fingerprint density at radius 3 is 2.35 bits per heavy atom. The van der Waals surface area contributed by atoms with Gasteiger partial charge in [-0.05, 0) is 61.1 Å². The van der Waals surface area contributed by atoms with Crippen LogP contribution in [0.2, 0.25) is 0 Å². The van der Waals surface area contributed by atoms with Crippen molar-refractivity contribution in [2.45, 2.75) is 34.0 Å². The van der Waals surface area contributed by atoms with Crippen molar-refractivity contribution in [3.8, 4) is 0 Å². The van der Waals surface area contributed by atoms with E-state index in [1.165, 1.54) is 6.92 Å². The molecule has 2 unspecified atom stereocenters. The zero-order valence-electron chi connectivity index (χ0n) is 13.7. The van der Waals surface area contributed by atoms with E-state index >= 15 is 0 Å². The smallest absolute Gasteiger partial charge is 0.364 e. The molecule has 0 radical (unpaired) electrons. The van der Waals surface area contributed by atoms with Crippen LogP contribution in [-0.4, -0.2) is 17.2 Å². The van der Waals surface area contributed by atoms with Gasteiger partial charge in [0, 0.05) is 5.56 Å². The third-order valence-corrected chi connectivity index (χ3v) is 5.18. The molecule has 0 bridgehead atoms. The molecule has 0 heterocycles. The van der Waals surface area contributed by atoms with E-state index in [4.69, 9.17) is 4.52 Å². The van der Waals surface area contributed by atoms with E-state index in [9.17, 15) is 14.5 Å². The molecule has 0 aliphatic heterocycles. The van der Waals surface area contributed by atoms with Crippen LogP contribution in [0.3, 0.4) is 0 Å². The molecule has 0 fully saturated rings. The first kappa shape index (κ1) is 17.5. The number of aliphatic hydroxyl groups is 1. The van der Waals surface area contributed by atoms with Gasteiger partial charge in [-0.2, -0.15) is 0 Å². The molecule has 0 saturated heterocycles. The van der Waals surface area contributed by atoms with Crippen LogP contribution in [0.25, 0.3) is 0 Å². The minimum atomic E-state index is -2.30. The average Bonchev–Trinajstić information content (AvgIpc) is 2.51. The molecule has 120 valence electrons. The van der Waals surface area contributed by atoms with Crippen molar-refractivity contribution in [2.75, 3.05) is 0 Å². The summed E-state index contributed by atoms with van der Waals surface area (Å²) < 4.78 is 17.2. The van der Waals surface area contributed by atoms with Gasteiger partial charge in [-0.25, -0.2) is 0 Å². The SMILES string of the molecule is Cc1ccc(C(=O)c2ccccc2[P+](=O)OC(C)O)c(C)c1C. The van der Waals surface area contributed by atoms with E-state index in [1.807, 2.05) is 26.8 Å². The Morgan fingerprint density at radius 2 is 1.70 bits per heavy atom. The van der Waals surface area contributed by atoms with E-state index in [2.05, 4.69) is 0 Å². The third kappa shape index (κ3) is 3.73. The van der Waals surface area contributed by atoms with Crippen LogP contribution < -0.4 is 5.30 Å². The van der Waals surface area contributed by atoms with Gasteiger partial charge in [-0.3, -0.25) is 4.79 Å². The van der Waals surface area contributed by atoms with Crippen LogP contribution in [0, 0.1) is 20.8 Å². The molecule has 0 aliphatic carbocycles. The van der Waals surface area contributed by atoms with E-state index in [0.29, 0.717) is 16.4 Å². The molecule has 4 nitrogen and oxygen atoms in total. The topological polar surface area (TPSA) is 63.6 Å². The first-order valence-electron chi connectivity index (χ1n) is 7.35. The maximum absolute atomic E-state index is 12.9. The summed E-state index contributed by atoms with van der Waals surface area (Å²) in [6.07, 6.45) is -1.16. The molecular weight excluding hydrogens is 311 g/mol. The molecule has 0 spiro atoms. The Hall–Kier alpha value is -1.87. The maximum Gasteiger partial charge on any atom is 0.552 e. The average molecular weight is 331 g/mol. The predicted octanol–water partition coefficient (Wildman–Crippen LogP) is 3.57. The van der Waals surface area contributed by atoms with Crippen molar-refractivity contribution in [1.82, 2.24) is 0 Å². The van der Waals surface area contributed by atoms with E-state index in [1.54, 1.807) is 30.3 Å². The largest absolute Gasteiger partial charge is 0.552 e. The normalized spacial score (nSPS) is 12.8. The number of carbonyl (C=O) groups is 1. The second kappa shape index (κ2) is 7.14. The number of benzene rings is 2. The molecule has 2 aromatic rings. The molecule has 0 aliphatic rings. The van der Waals surface area contributed by atoms with E-state index in [0.717, 1.165) is 16.7 Å². The summed E-state index contributed by atoms with van der Waals surface area (Å²) in [7, 11) is -2.30. The van der Waals surface area contributed by atoms with Gasteiger partial charge in [-0.15, -0.1) is 4.52 Å². The second-order valence-electron chi connectivity index (χ2n) is 5.49. The summed E-state index contributed by atoms with van der Waals surface area (Å²) in [6.45, 7) is 7.26. The molecule has 0 saturated carbocycles. The summed E-state index contributed by atoms with van der Waals surface area (Å²) in [6, 6.07) is 10.3. The fourth-order valence-electron chi connectivity index (χ4n) is 2.37. The van der Waals surface area contributed by atoms with E-state index < -0.39 is 14.3 Å². The highest BCUT2D eigenvalue weighted by Crippen LogP contribution is 2.27. The van der Waals surface area contributed by atoms with Crippen LogP contribution in [0.15, 0.2) is 36.4 Å². The first-order chi connectivity index (χ1) is 10.8. The minimum absolute atomic E-state index is 0.196. The predicted molar refractivity (Wildman–Crippen MR) is 90.5 cm³/mol. The summed E-state index contributed by atoms with van der Waals surface area (Å²) in [5.41, 5.74) is 4.02. The molecule has 0 amide bonds. The van der Waals surface area contributed by atoms with Crippen molar-refractivity contribution in [3.05, 3.63) is 64.2 Å². The zero-order chi connectivity index (χ0) is 17.1. The lowest BCUT2D eigenvalue weighted by Crippen LogP contribution is -2.16. The summed E-state index contributed by atoms with van der Waals surface area (Å²) >= 11 is 0. The Labute approximate surface area is 137 Å². The first-order valence-corrected chi connectivity index (χ1v) is 8.53. The molecule has 0 aromatic heterocycles. The molecule has 5 heteroatoms. The van der Waals surface area contributed by atoms with Gasteiger partial charge in [0.2, 0.25) is 11.6 Å². The molecule has 2 rings (SSSR count). The Morgan fingerprint density at radius 1 is 1.04 bits per heavy atom. The van der Waals surface area contributed by atoms with Crippen LogP contribution >= 0.6 is 8.03 Å². The third-order valence-electron chi connectivity index (χ3n) is 3.90. The van der Waals surface area contributed by atoms with E-state index in [-0.39, 0.29) is 5.78 Å². The zero-order valence-corrected chi connectivity index (χ0v) is 14.6. The maximum atomic E-state index is 12.9.